The molecule has 4 rings (SSSR count). The third kappa shape index (κ3) is 5.15. The zero-order valence-corrected chi connectivity index (χ0v) is 17.6. The van der Waals surface area contributed by atoms with Crippen LogP contribution >= 0.6 is 0 Å². The highest BCUT2D eigenvalue weighted by atomic mass is 16.5. The van der Waals surface area contributed by atoms with Gasteiger partial charge in [0.1, 0.15) is 12.6 Å². The van der Waals surface area contributed by atoms with E-state index >= 15 is 0 Å². The number of fused-ring (bicyclic) bond motifs is 3. The van der Waals surface area contributed by atoms with Crippen molar-refractivity contribution < 1.29 is 24.2 Å². The molecule has 33 heavy (non-hydrogen) atoms. The van der Waals surface area contributed by atoms with Gasteiger partial charge in [-0.3, -0.25) is 9.59 Å². The minimum atomic E-state index is -1.11. The Hall–Kier alpha value is -4.27. The van der Waals surface area contributed by atoms with E-state index in [4.69, 9.17) is 9.84 Å². The Morgan fingerprint density at radius 1 is 0.970 bits per heavy atom. The average molecular weight is 446 g/mol. The normalized spacial score (nSPS) is 12.8. The van der Waals surface area contributed by atoms with Crippen molar-refractivity contribution in [3.8, 4) is 11.1 Å². The van der Waals surface area contributed by atoms with Crippen LogP contribution in [0.5, 0.6) is 0 Å². The maximum absolute atomic E-state index is 12.6. The van der Waals surface area contributed by atoms with Crippen molar-refractivity contribution in [2.75, 3.05) is 11.9 Å². The summed E-state index contributed by atoms with van der Waals surface area (Å²) in [5, 5.41) is 21.4. The number of aromatic nitrogens is 2. The molecule has 1 aliphatic carbocycles. The Bertz CT molecular complexity index is 1120. The van der Waals surface area contributed by atoms with Crippen molar-refractivity contribution in [2.24, 2.45) is 0 Å². The topological polar surface area (TPSA) is 131 Å². The zero-order valence-electron chi connectivity index (χ0n) is 17.6. The van der Waals surface area contributed by atoms with Crippen LogP contribution in [0.4, 0.5) is 10.6 Å². The molecule has 1 aromatic heterocycles. The zero-order chi connectivity index (χ0) is 23.2. The fourth-order valence-corrected chi connectivity index (χ4v) is 3.90. The molecule has 1 atom stereocenters. The number of ether oxygens (including phenoxy) is 1. The summed E-state index contributed by atoms with van der Waals surface area (Å²) in [4.78, 5) is 36.2. The number of hydrogen-bond acceptors (Lipinski definition) is 6. The fourth-order valence-electron chi connectivity index (χ4n) is 3.90. The van der Waals surface area contributed by atoms with E-state index in [1.807, 2.05) is 48.5 Å². The van der Waals surface area contributed by atoms with Crippen molar-refractivity contribution in [1.29, 1.82) is 0 Å². The summed E-state index contributed by atoms with van der Waals surface area (Å²) in [6.07, 6.45) is 0.238. The second-order valence-corrected chi connectivity index (χ2v) is 7.55. The minimum Gasteiger partial charge on any atom is -0.481 e. The number of carboxylic acid groups (broad SMARTS) is 1. The summed E-state index contributed by atoms with van der Waals surface area (Å²) in [5.41, 5.74) is 4.33. The molecule has 0 saturated heterocycles. The van der Waals surface area contributed by atoms with Gasteiger partial charge in [0.05, 0.1) is 0 Å². The summed E-state index contributed by atoms with van der Waals surface area (Å²) >= 11 is 0. The Morgan fingerprint density at radius 3 is 2.24 bits per heavy atom. The van der Waals surface area contributed by atoms with Gasteiger partial charge in [0, 0.05) is 18.5 Å². The first-order valence-electron chi connectivity index (χ1n) is 10.4. The molecule has 9 nitrogen and oxygen atoms in total. The third-order valence-electron chi connectivity index (χ3n) is 5.42. The number of carboxylic acids is 1. The SMILES string of the molecule is O=C(O)CCC(NC(=O)OCC1c2ccccc2-c2ccccc21)C(=O)Nc1cccnn1. The van der Waals surface area contributed by atoms with E-state index in [-0.39, 0.29) is 31.2 Å². The van der Waals surface area contributed by atoms with E-state index in [2.05, 4.69) is 20.8 Å². The summed E-state index contributed by atoms with van der Waals surface area (Å²) in [5.74, 6) is -1.63. The molecule has 3 aromatic rings. The number of carbonyl (C=O) groups excluding carboxylic acids is 2. The predicted molar refractivity (Wildman–Crippen MR) is 120 cm³/mol. The molecule has 0 saturated carbocycles. The van der Waals surface area contributed by atoms with E-state index in [1.165, 1.54) is 12.3 Å². The standard InChI is InChI=1S/C24H22N4O5/c29-22(30)12-11-20(23(31)27-21-10-5-13-25-28-21)26-24(32)33-14-19-17-8-3-1-6-15(17)16-7-2-4-9-18(16)19/h1-10,13,19-20H,11-12,14H2,(H,26,32)(H,29,30)(H,27,28,31). The first-order chi connectivity index (χ1) is 16.0. The Labute approximate surface area is 189 Å². The Balaban J connectivity index is 1.42. The van der Waals surface area contributed by atoms with Crippen LogP contribution in [0.1, 0.15) is 29.9 Å². The van der Waals surface area contributed by atoms with E-state index < -0.39 is 24.0 Å². The van der Waals surface area contributed by atoms with Crippen LogP contribution < -0.4 is 10.6 Å². The molecular formula is C24H22N4O5. The monoisotopic (exact) mass is 446 g/mol. The van der Waals surface area contributed by atoms with Crippen molar-refractivity contribution in [2.45, 2.75) is 24.8 Å². The lowest BCUT2D eigenvalue weighted by molar-refractivity contribution is -0.137. The maximum Gasteiger partial charge on any atom is 0.407 e. The number of amides is 2. The molecule has 168 valence electrons. The van der Waals surface area contributed by atoms with E-state index in [9.17, 15) is 14.4 Å². The van der Waals surface area contributed by atoms with Crippen LogP contribution in [-0.4, -0.2) is 45.9 Å². The van der Waals surface area contributed by atoms with Gasteiger partial charge in [-0.25, -0.2) is 4.79 Å². The van der Waals surface area contributed by atoms with Gasteiger partial charge in [-0.05, 0) is 40.8 Å². The number of carbonyl (C=O) groups is 3. The molecule has 0 bridgehead atoms. The molecule has 0 spiro atoms. The van der Waals surface area contributed by atoms with E-state index in [1.54, 1.807) is 6.07 Å². The first kappa shape index (κ1) is 21.9. The molecule has 0 fully saturated rings. The summed E-state index contributed by atoms with van der Waals surface area (Å²) in [7, 11) is 0. The summed E-state index contributed by atoms with van der Waals surface area (Å²) in [6, 6.07) is 17.9. The highest BCUT2D eigenvalue weighted by Gasteiger charge is 2.30. The van der Waals surface area contributed by atoms with Crippen LogP contribution in [-0.2, 0) is 14.3 Å². The summed E-state index contributed by atoms with van der Waals surface area (Å²) in [6.45, 7) is 0.0806. The van der Waals surface area contributed by atoms with Crippen molar-refractivity contribution in [3.63, 3.8) is 0 Å². The second kappa shape index (κ2) is 9.90. The third-order valence-corrected chi connectivity index (χ3v) is 5.42. The van der Waals surface area contributed by atoms with Crippen molar-refractivity contribution >= 4 is 23.8 Å². The second-order valence-electron chi connectivity index (χ2n) is 7.55. The van der Waals surface area contributed by atoms with Gasteiger partial charge < -0.3 is 20.5 Å². The molecule has 0 aliphatic heterocycles. The summed E-state index contributed by atoms with van der Waals surface area (Å²) < 4.78 is 5.47. The predicted octanol–water partition coefficient (Wildman–Crippen LogP) is 3.19. The van der Waals surface area contributed by atoms with Gasteiger partial charge >= 0.3 is 12.1 Å². The van der Waals surface area contributed by atoms with Gasteiger partial charge in [0.25, 0.3) is 0 Å². The molecule has 1 unspecified atom stereocenters. The first-order valence-corrected chi connectivity index (χ1v) is 10.4. The van der Waals surface area contributed by atoms with Crippen LogP contribution in [0, 0.1) is 0 Å². The van der Waals surface area contributed by atoms with Gasteiger partial charge in [0.2, 0.25) is 5.91 Å². The number of rotatable bonds is 8. The lowest BCUT2D eigenvalue weighted by Crippen LogP contribution is -2.44. The number of alkyl carbamates (subject to hydrolysis) is 1. The lowest BCUT2D eigenvalue weighted by atomic mass is 9.98. The largest absolute Gasteiger partial charge is 0.481 e. The molecular weight excluding hydrogens is 424 g/mol. The van der Waals surface area contributed by atoms with Gasteiger partial charge in [0.15, 0.2) is 5.82 Å². The molecule has 9 heteroatoms. The fraction of sp³-hybridized carbons (Fsp3) is 0.208. The van der Waals surface area contributed by atoms with Crippen LogP contribution in [0.3, 0.4) is 0 Å². The molecule has 0 radical (unpaired) electrons. The smallest absolute Gasteiger partial charge is 0.407 e. The average Bonchev–Trinajstić information content (AvgIpc) is 3.14. The van der Waals surface area contributed by atoms with Crippen molar-refractivity contribution in [3.05, 3.63) is 78.0 Å². The number of anilines is 1. The number of benzene rings is 2. The molecule has 1 heterocycles. The molecule has 2 amide bonds. The van der Waals surface area contributed by atoms with E-state index in [0.29, 0.717) is 0 Å². The van der Waals surface area contributed by atoms with Gasteiger partial charge in [-0.1, -0.05) is 48.5 Å². The van der Waals surface area contributed by atoms with Crippen LogP contribution in [0.15, 0.2) is 66.9 Å². The molecule has 1 aliphatic rings. The molecule has 3 N–H and O–H groups in total. The Kier molecular flexibility index (Phi) is 6.58. The van der Waals surface area contributed by atoms with Gasteiger partial charge in [-0.15, -0.1) is 5.10 Å². The van der Waals surface area contributed by atoms with Crippen molar-refractivity contribution in [1.82, 2.24) is 15.5 Å². The van der Waals surface area contributed by atoms with Crippen LogP contribution in [0.25, 0.3) is 11.1 Å². The van der Waals surface area contributed by atoms with E-state index in [0.717, 1.165) is 22.3 Å². The number of nitrogens with zero attached hydrogens (tertiary/aromatic N) is 2. The highest BCUT2D eigenvalue weighted by molar-refractivity contribution is 5.96. The lowest BCUT2D eigenvalue weighted by Gasteiger charge is -2.19. The Morgan fingerprint density at radius 2 is 1.64 bits per heavy atom. The number of aliphatic carboxylic acids is 1. The molecule has 2 aromatic carbocycles. The maximum atomic E-state index is 12.6. The van der Waals surface area contributed by atoms with Crippen LogP contribution in [0.2, 0.25) is 0 Å². The highest BCUT2D eigenvalue weighted by Crippen LogP contribution is 2.44. The number of hydrogen-bond donors (Lipinski definition) is 3. The minimum absolute atomic E-state index is 0.0806. The quantitative estimate of drug-likeness (QED) is 0.484. The van der Waals surface area contributed by atoms with Gasteiger partial charge in [-0.2, -0.15) is 5.10 Å². The number of nitrogens with one attached hydrogen (secondary N) is 2.